The molecule has 0 saturated carbocycles. The van der Waals surface area contributed by atoms with E-state index in [1.54, 1.807) is 0 Å². The average molecular weight is 238 g/mol. The van der Waals surface area contributed by atoms with E-state index >= 15 is 0 Å². The van der Waals surface area contributed by atoms with Crippen molar-refractivity contribution >= 4 is 5.97 Å². The molecule has 2 rings (SSSR count). The number of hydrogen-bond donors (Lipinski definition) is 1. The van der Waals surface area contributed by atoms with Crippen molar-refractivity contribution in [3.8, 4) is 5.75 Å². The van der Waals surface area contributed by atoms with Crippen LogP contribution in [0.1, 0.15) is 35.1 Å². The van der Waals surface area contributed by atoms with Gasteiger partial charge in [-0.25, -0.2) is 14.8 Å². The van der Waals surface area contributed by atoms with Crippen LogP contribution in [-0.2, 0) is 4.74 Å². The summed E-state index contributed by atoms with van der Waals surface area (Å²) < 4.78 is 10.2. The van der Waals surface area contributed by atoms with Crippen LogP contribution in [0.25, 0.3) is 0 Å². The molecule has 92 valence electrons. The zero-order valence-electron chi connectivity index (χ0n) is 9.55. The minimum absolute atomic E-state index is 0.0796. The number of aromatic carboxylic acids is 1. The van der Waals surface area contributed by atoms with Crippen molar-refractivity contribution in [2.24, 2.45) is 0 Å². The topological polar surface area (TPSA) is 81.5 Å². The lowest BCUT2D eigenvalue weighted by Crippen LogP contribution is -2.18. The number of carbonyl (C=O) groups is 1. The molecule has 1 aliphatic heterocycles. The molecule has 0 aromatic carbocycles. The second-order valence-corrected chi connectivity index (χ2v) is 3.84. The first-order chi connectivity index (χ1) is 8.22. The molecule has 0 spiro atoms. The van der Waals surface area contributed by atoms with E-state index in [2.05, 4.69) is 9.97 Å². The van der Waals surface area contributed by atoms with Gasteiger partial charge in [0.15, 0.2) is 11.4 Å². The summed E-state index contributed by atoms with van der Waals surface area (Å²) in [6.45, 7) is 1.34. The van der Waals surface area contributed by atoms with Crippen LogP contribution in [0.4, 0.5) is 0 Å². The molecule has 1 N–H and O–H groups in total. The van der Waals surface area contributed by atoms with Gasteiger partial charge in [0.05, 0.1) is 13.3 Å². The van der Waals surface area contributed by atoms with Gasteiger partial charge in [0.2, 0.25) is 0 Å². The molecule has 1 aromatic rings. The number of rotatable bonds is 3. The smallest absolute Gasteiger partial charge is 0.358 e. The third-order valence-electron chi connectivity index (χ3n) is 2.78. The summed E-state index contributed by atoms with van der Waals surface area (Å²) in [5, 5.41) is 9.02. The third-order valence-corrected chi connectivity index (χ3v) is 2.78. The highest BCUT2D eigenvalue weighted by Gasteiger charge is 2.22. The summed E-state index contributed by atoms with van der Waals surface area (Å²) in [6.07, 6.45) is 3.07. The second kappa shape index (κ2) is 5.09. The van der Waals surface area contributed by atoms with Gasteiger partial charge >= 0.3 is 5.97 Å². The Hall–Kier alpha value is -1.69. The van der Waals surface area contributed by atoms with Crippen molar-refractivity contribution < 1.29 is 19.4 Å². The van der Waals surface area contributed by atoms with Gasteiger partial charge in [0.25, 0.3) is 0 Å². The van der Waals surface area contributed by atoms with Crippen molar-refractivity contribution in [3.63, 3.8) is 0 Å². The fourth-order valence-corrected chi connectivity index (χ4v) is 1.84. The number of nitrogens with zero attached hydrogens (tertiary/aromatic N) is 2. The molecule has 1 aromatic heterocycles. The van der Waals surface area contributed by atoms with E-state index < -0.39 is 5.97 Å². The van der Waals surface area contributed by atoms with Crippen LogP contribution in [0.3, 0.4) is 0 Å². The average Bonchev–Trinajstić information content (AvgIpc) is 2.39. The first-order valence-corrected chi connectivity index (χ1v) is 5.44. The number of hydrogen-bond acceptors (Lipinski definition) is 5. The van der Waals surface area contributed by atoms with Crippen molar-refractivity contribution in [2.45, 2.75) is 18.8 Å². The van der Waals surface area contributed by atoms with Crippen LogP contribution in [0.15, 0.2) is 6.20 Å². The van der Waals surface area contributed by atoms with Crippen molar-refractivity contribution in [1.82, 2.24) is 9.97 Å². The van der Waals surface area contributed by atoms with Gasteiger partial charge in [-0.1, -0.05) is 0 Å². The summed E-state index contributed by atoms with van der Waals surface area (Å²) in [4.78, 5) is 19.3. The molecule has 2 heterocycles. The highest BCUT2D eigenvalue weighted by Crippen LogP contribution is 2.25. The zero-order valence-corrected chi connectivity index (χ0v) is 9.55. The summed E-state index contributed by atoms with van der Waals surface area (Å²) in [7, 11) is 1.40. The predicted octanol–water partition coefficient (Wildman–Crippen LogP) is 1.08. The van der Waals surface area contributed by atoms with Crippen LogP contribution in [0.2, 0.25) is 0 Å². The Bertz CT molecular complexity index is 416. The lowest BCUT2D eigenvalue weighted by Gasteiger charge is -2.20. The van der Waals surface area contributed by atoms with Crippen LogP contribution in [0, 0.1) is 0 Å². The van der Waals surface area contributed by atoms with Gasteiger partial charge in [-0.2, -0.15) is 0 Å². The minimum atomic E-state index is -1.10. The second-order valence-electron chi connectivity index (χ2n) is 3.84. The van der Waals surface area contributed by atoms with E-state index in [1.165, 1.54) is 13.3 Å². The fraction of sp³-hybridized carbons (Fsp3) is 0.545. The normalized spacial score (nSPS) is 16.8. The number of ether oxygens (including phenoxy) is 2. The number of carboxylic acids is 1. The SMILES string of the molecule is COc1cnc(C2CCOCC2)nc1C(=O)O. The van der Waals surface area contributed by atoms with E-state index in [0.717, 1.165) is 12.8 Å². The van der Waals surface area contributed by atoms with Crippen molar-refractivity contribution in [1.29, 1.82) is 0 Å². The molecular formula is C11H14N2O4. The Morgan fingerprint density at radius 3 is 2.82 bits per heavy atom. The maximum Gasteiger partial charge on any atom is 0.358 e. The van der Waals surface area contributed by atoms with Crippen LogP contribution < -0.4 is 4.74 Å². The van der Waals surface area contributed by atoms with Gasteiger partial charge in [-0.15, -0.1) is 0 Å². The van der Waals surface area contributed by atoms with E-state index in [-0.39, 0.29) is 17.4 Å². The van der Waals surface area contributed by atoms with Gasteiger partial charge in [0.1, 0.15) is 5.82 Å². The standard InChI is InChI=1S/C11H14N2O4/c1-16-8-6-12-10(13-9(8)11(14)15)7-2-4-17-5-3-7/h6-7H,2-5H2,1H3,(H,14,15). The summed E-state index contributed by atoms with van der Waals surface area (Å²) in [5.74, 6) is -0.176. The number of aromatic nitrogens is 2. The highest BCUT2D eigenvalue weighted by molar-refractivity contribution is 5.88. The molecule has 0 atom stereocenters. The molecule has 0 bridgehead atoms. The molecule has 6 heteroatoms. The summed E-state index contributed by atoms with van der Waals surface area (Å²) in [5.41, 5.74) is -0.0796. The monoisotopic (exact) mass is 238 g/mol. The summed E-state index contributed by atoms with van der Waals surface area (Å²) >= 11 is 0. The Morgan fingerprint density at radius 1 is 1.53 bits per heavy atom. The number of methoxy groups -OCH3 is 1. The van der Waals surface area contributed by atoms with Crippen molar-refractivity contribution in [2.75, 3.05) is 20.3 Å². The molecule has 1 aliphatic rings. The fourth-order valence-electron chi connectivity index (χ4n) is 1.84. The first-order valence-electron chi connectivity index (χ1n) is 5.44. The van der Waals surface area contributed by atoms with Gasteiger partial charge < -0.3 is 14.6 Å². The maximum absolute atomic E-state index is 11.0. The molecule has 1 fully saturated rings. The Labute approximate surface area is 98.6 Å². The Morgan fingerprint density at radius 2 is 2.24 bits per heavy atom. The Balaban J connectivity index is 2.29. The molecule has 17 heavy (non-hydrogen) atoms. The Kier molecular flexibility index (Phi) is 3.53. The van der Waals surface area contributed by atoms with Gasteiger partial charge in [-0.05, 0) is 12.8 Å². The van der Waals surface area contributed by atoms with Crippen molar-refractivity contribution in [3.05, 3.63) is 17.7 Å². The van der Waals surface area contributed by atoms with Crippen LogP contribution in [0.5, 0.6) is 5.75 Å². The predicted molar refractivity (Wildman–Crippen MR) is 58.3 cm³/mol. The summed E-state index contributed by atoms with van der Waals surface area (Å²) in [6, 6.07) is 0. The molecular weight excluding hydrogens is 224 g/mol. The molecule has 0 radical (unpaired) electrons. The number of carboxylic acid groups (broad SMARTS) is 1. The molecule has 0 aliphatic carbocycles. The molecule has 6 nitrogen and oxygen atoms in total. The lowest BCUT2D eigenvalue weighted by atomic mass is 9.99. The van der Waals surface area contributed by atoms with Gasteiger partial charge in [0, 0.05) is 19.1 Å². The van der Waals surface area contributed by atoms with E-state index in [9.17, 15) is 4.79 Å². The van der Waals surface area contributed by atoms with Crippen LogP contribution in [-0.4, -0.2) is 41.4 Å². The largest absolute Gasteiger partial charge is 0.493 e. The first kappa shape index (κ1) is 11.8. The van der Waals surface area contributed by atoms with E-state index in [4.69, 9.17) is 14.6 Å². The highest BCUT2D eigenvalue weighted by atomic mass is 16.5. The van der Waals surface area contributed by atoms with Crippen LogP contribution >= 0.6 is 0 Å². The maximum atomic E-state index is 11.0. The third kappa shape index (κ3) is 2.52. The van der Waals surface area contributed by atoms with E-state index in [0.29, 0.717) is 19.0 Å². The van der Waals surface area contributed by atoms with Gasteiger partial charge in [-0.3, -0.25) is 0 Å². The quantitative estimate of drug-likeness (QED) is 0.848. The molecule has 0 unspecified atom stereocenters. The molecule has 1 saturated heterocycles. The molecule has 0 amide bonds. The van der Waals surface area contributed by atoms with E-state index in [1.807, 2.05) is 0 Å². The zero-order chi connectivity index (χ0) is 12.3. The minimum Gasteiger partial charge on any atom is -0.493 e. The lowest BCUT2D eigenvalue weighted by molar-refractivity contribution is 0.0683.